The molecule has 36 heavy (non-hydrogen) atoms. The second-order valence-corrected chi connectivity index (χ2v) is 10.1. The van der Waals surface area contributed by atoms with E-state index in [0.29, 0.717) is 25.2 Å². The molecule has 1 unspecified atom stereocenters. The summed E-state index contributed by atoms with van der Waals surface area (Å²) in [5, 5.41) is 3.34. The first-order valence-electron chi connectivity index (χ1n) is 11.4. The van der Waals surface area contributed by atoms with Gasteiger partial charge in [0, 0.05) is 53.1 Å². The van der Waals surface area contributed by atoms with Gasteiger partial charge in [-0.05, 0) is 51.1 Å². The predicted octanol–water partition coefficient (Wildman–Crippen LogP) is 5.88. The summed E-state index contributed by atoms with van der Waals surface area (Å²) in [6, 6.07) is 8.41. The van der Waals surface area contributed by atoms with Crippen molar-refractivity contribution in [2.75, 3.05) is 25.4 Å². The predicted molar refractivity (Wildman–Crippen MR) is 137 cm³/mol. The summed E-state index contributed by atoms with van der Waals surface area (Å²) in [6.45, 7) is 7.44. The number of aromatic nitrogens is 1. The number of piperazine rings is 1. The Kier molecular flexibility index (Phi) is 7.41. The third-order valence-corrected chi connectivity index (χ3v) is 6.96. The zero-order valence-electron chi connectivity index (χ0n) is 20.0. The lowest BCUT2D eigenvalue weighted by Gasteiger charge is -2.42. The number of nitrogens with one attached hydrogen (secondary N) is 1. The molecule has 3 aromatic rings. The van der Waals surface area contributed by atoms with Crippen LogP contribution < -0.4 is 15.8 Å². The standard InChI is InChI=1S/C26H26Cl2F2N4O2/c1-14(22-18(27)6-7-19(29)23(22)28)36-21-11-16(12-33-24(21)31)17-5-4-15(10-20(17)30)25(35)34-9-8-32-13-26(34,2)3/h4-7,10-12,14,32H,8-9,13H2,1-3H3,(H2,31,33). The quantitative estimate of drug-likeness (QED) is 0.399. The fourth-order valence-electron chi connectivity index (χ4n) is 4.26. The van der Waals surface area contributed by atoms with Crippen LogP contribution in [0.2, 0.25) is 10.0 Å². The maximum absolute atomic E-state index is 15.2. The van der Waals surface area contributed by atoms with Gasteiger partial charge >= 0.3 is 0 Å². The van der Waals surface area contributed by atoms with Crippen molar-refractivity contribution in [1.82, 2.24) is 15.2 Å². The van der Waals surface area contributed by atoms with E-state index >= 15 is 4.39 Å². The smallest absolute Gasteiger partial charge is 0.254 e. The van der Waals surface area contributed by atoms with Gasteiger partial charge in [0.1, 0.15) is 17.7 Å². The monoisotopic (exact) mass is 534 g/mol. The van der Waals surface area contributed by atoms with Gasteiger partial charge in [-0.2, -0.15) is 0 Å². The Labute approximate surface area is 218 Å². The van der Waals surface area contributed by atoms with Crippen LogP contribution in [0.3, 0.4) is 0 Å². The number of anilines is 1. The first-order valence-corrected chi connectivity index (χ1v) is 12.1. The molecule has 0 radical (unpaired) electrons. The fourth-order valence-corrected chi connectivity index (χ4v) is 4.94. The van der Waals surface area contributed by atoms with Gasteiger partial charge in [-0.1, -0.05) is 29.3 Å². The molecule has 0 spiro atoms. The SMILES string of the molecule is CC(Oc1cc(-c2ccc(C(=O)N3CCNCC3(C)C)cc2F)cnc1N)c1c(Cl)ccc(F)c1Cl. The summed E-state index contributed by atoms with van der Waals surface area (Å²) < 4.78 is 35.1. The van der Waals surface area contributed by atoms with Crippen LogP contribution in [0.4, 0.5) is 14.6 Å². The van der Waals surface area contributed by atoms with Crippen LogP contribution in [0.1, 0.15) is 42.8 Å². The van der Waals surface area contributed by atoms with Crippen molar-refractivity contribution in [2.45, 2.75) is 32.4 Å². The van der Waals surface area contributed by atoms with Gasteiger partial charge in [0.05, 0.1) is 10.6 Å². The Morgan fingerprint density at radius 3 is 2.64 bits per heavy atom. The Morgan fingerprint density at radius 2 is 1.94 bits per heavy atom. The van der Waals surface area contributed by atoms with Gasteiger partial charge in [-0.15, -0.1) is 0 Å². The van der Waals surface area contributed by atoms with Crippen molar-refractivity contribution in [3.8, 4) is 16.9 Å². The lowest BCUT2D eigenvalue weighted by molar-refractivity contribution is 0.0477. The number of nitrogens with zero attached hydrogens (tertiary/aromatic N) is 2. The number of halogens is 4. The molecule has 1 aromatic heterocycles. The van der Waals surface area contributed by atoms with Crippen LogP contribution in [-0.2, 0) is 0 Å². The van der Waals surface area contributed by atoms with E-state index in [-0.39, 0.29) is 49.7 Å². The highest BCUT2D eigenvalue weighted by Crippen LogP contribution is 2.37. The molecule has 4 rings (SSSR count). The molecule has 190 valence electrons. The van der Waals surface area contributed by atoms with Crippen LogP contribution in [0.15, 0.2) is 42.6 Å². The molecular formula is C26H26Cl2F2N4O2. The van der Waals surface area contributed by atoms with Crippen molar-refractivity contribution in [2.24, 2.45) is 0 Å². The minimum absolute atomic E-state index is 0.0578. The molecule has 0 saturated carbocycles. The number of hydrogen-bond donors (Lipinski definition) is 2. The van der Waals surface area contributed by atoms with Crippen LogP contribution in [0.25, 0.3) is 11.1 Å². The lowest BCUT2D eigenvalue weighted by Crippen LogP contribution is -2.59. The summed E-state index contributed by atoms with van der Waals surface area (Å²) in [7, 11) is 0. The minimum Gasteiger partial charge on any atom is -0.482 e. The van der Waals surface area contributed by atoms with Crippen molar-refractivity contribution in [3.05, 3.63) is 75.4 Å². The Hall–Kier alpha value is -2.94. The van der Waals surface area contributed by atoms with Gasteiger partial charge < -0.3 is 20.7 Å². The van der Waals surface area contributed by atoms with Gasteiger partial charge in [-0.3, -0.25) is 4.79 Å². The number of pyridine rings is 1. The van der Waals surface area contributed by atoms with Gasteiger partial charge in [0.25, 0.3) is 5.91 Å². The van der Waals surface area contributed by atoms with Crippen molar-refractivity contribution in [1.29, 1.82) is 0 Å². The highest BCUT2D eigenvalue weighted by Gasteiger charge is 2.34. The van der Waals surface area contributed by atoms with Gasteiger partial charge in [0.2, 0.25) is 0 Å². The van der Waals surface area contributed by atoms with Crippen LogP contribution in [0.5, 0.6) is 5.75 Å². The number of ether oxygens (including phenoxy) is 1. The van der Waals surface area contributed by atoms with Crippen molar-refractivity contribution >= 4 is 34.9 Å². The summed E-state index contributed by atoms with van der Waals surface area (Å²) in [6.07, 6.45) is 0.640. The molecule has 2 aromatic carbocycles. The van der Waals surface area contributed by atoms with E-state index in [2.05, 4.69) is 10.3 Å². The first-order chi connectivity index (χ1) is 17.0. The second kappa shape index (κ2) is 10.2. The van der Waals surface area contributed by atoms with Crippen LogP contribution >= 0.6 is 23.2 Å². The molecule has 1 amide bonds. The second-order valence-electron chi connectivity index (χ2n) is 9.26. The maximum atomic E-state index is 15.2. The van der Waals surface area contributed by atoms with E-state index in [1.54, 1.807) is 17.9 Å². The topological polar surface area (TPSA) is 80.5 Å². The molecule has 3 N–H and O–H groups in total. The van der Waals surface area contributed by atoms with Gasteiger partial charge in [0.15, 0.2) is 11.6 Å². The Bertz CT molecular complexity index is 1320. The normalized spacial score (nSPS) is 16.0. The van der Waals surface area contributed by atoms with E-state index in [4.69, 9.17) is 33.7 Å². The molecule has 1 fully saturated rings. The molecule has 2 heterocycles. The average Bonchev–Trinajstić information content (AvgIpc) is 2.82. The molecule has 1 atom stereocenters. The zero-order chi connectivity index (χ0) is 26.2. The Balaban J connectivity index is 1.61. The summed E-state index contributed by atoms with van der Waals surface area (Å²) >= 11 is 12.3. The molecule has 10 heteroatoms. The number of benzene rings is 2. The van der Waals surface area contributed by atoms with Crippen LogP contribution in [0, 0.1) is 11.6 Å². The van der Waals surface area contributed by atoms with E-state index in [9.17, 15) is 9.18 Å². The van der Waals surface area contributed by atoms with E-state index in [0.717, 1.165) is 6.07 Å². The zero-order valence-corrected chi connectivity index (χ0v) is 21.6. The average molecular weight is 535 g/mol. The number of carbonyl (C=O) groups is 1. The molecule has 0 bridgehead atoms. The third kappa shape index (κ3) is 5.12. The third-order valence-electron chi connectivity index (χ3n) is 6.24. The molecule has 1 aliphatic rings. The van der Waals surface area contributed by atoms with Crippen molar-refractivity contribution < 1.29 is 18.3 Å². The maximum Gasteiger partial charge on any atom is 0.254 e. The van der Waals surface area contributed by atoms with E-state index in [1.165, 1.54) is 30.5 Å². The molecule has 1 saturated heterocycles. The van der Waals surface area contributed by atoms with Gasteiger partial charge in [-0.25, -0.2) is 13.8 Å². The molecule has 0 aliphatic carbocycles. The van der Waals surface area contributed by atoms with E-state index in [1.807, 2.05) is 13.8 Å². The number of hydrogen-bond acceptors (Lipinski definition) is 5. The summed E-state index contributed by atoms with van der Waals surface area (Å²) in [5.74, 6) is -1.24. The summed E-state index contributed by atoms with van der Waals surface area (Å²) in [4.78, 5) is 19.0. The molecule has 1 aliphatic heterocycles. The number of rotatable bonds is 5. The summed E-state index contributed by atoms with van der Waals surface area (Å²) in [5.41, 5.74) is 6.73. The molecule has 6 nitrogen and oxygen atoms in total. The first kappa shape index (κ1) is 26.1. The minimum atomic E-state index is -0.771. The highest BCUT2D eigenvalue weighted by atomic mass is 35.5. The fraction of sp³-hybridized carbons (Fsp3) is 0.308. The van der Waals surface area contributed by atoms with Crippen LogP contribution in [-0.4, -0.2) is 41.0 Å². The number of nitrogens with two attached hydrogens (primary N) is 1. The highest BCUT2D eigenvalue weighted by molar-refractivity contribution is 6.36. The van der Waals surface area contributed by atoms with Crippen molar-refractivity contribution in [3.63, 3.8) is 0 Å². The Morgan fingerprint density at radius 1 is 1.19 bits per heavy atom. The lowest BCUT2D eigenvalue weighted by atomic mass is 9.98. The number of carbonyl (C=O) groups excluding carboxylic acids is 1. The largest absolute Gasteiger partial charge is 0.482 e. The number of amides is 1. The van der Waals surface area contributed by atoms with E-state index < -0.39 is 17.7 Å². The number of nitrogen functional groups attached to an aromatic ring is 1. The molecular weight excluding hydrogens is 509 g/mol.